The van der Waals surface area contributed by atoms with Gasteiger partial charge < -0.3 is 4.74 Å². The molecule has 32 heavy (non-hydrogen) atoms. The third-order valence-corrected chi connectivity index (χ3v) is 9.65. The van der Waals surface area contributed by atoms with Crippen LogP contribution < -0.4 is 10.9 Å². The molecule has 2 saturated carbocycles. The lowest BCUT2D eigenvalue weighted by atomic mass is 9.81. The van der Waals surface area contributed by atoms with Crippen LogP contribution in [0.15, 0.2) is 30.3 Å². The Morgan fingerprint density at radius 1 is 1.03 bits per heavy atom. The quantitative estimate of drug-likeness (QED) is 0.237. The summed E-state index contributed by atoms with van der Waals surface area (Å²) in [6, 6.07) is 7.11. The number of fused-ring (bicyclic) bond motifs is 5. The summed E-state index contributed by atoms with van der Waals surface area (Å²) < 4.78 is 4.98. The average Bonchev–Trinajstić information content (AvgIpc) is 3.40. The molecule has 3 aliphatic rings. The van der Waals surface area contributed by atoms with Crippen LogP contribution in [0.25, 0.3) is 0 Å². The van der Waals surface area contributed by atoms with Gasteiger partial charge in [0.15, 0.2) is 6.61 Å². The summed E-state index contributed by atoms with van der Waals surface area (Å²) in [5, 5.41) is 0. The first kappa shape index (κ1) is 22.9. The van der Waals surface area contributed by atoms with Gasteiger partial charge in [0.1, 0.15) is 6.04 Å². The average molecular weight is 571 g/mol. The highest BCUT2D eigenvalue weighted by atomic mass is 79.9. The number of hydrogen-bond donors (Lipinski definition) is 2. The molecule has 0 radical (unpaired) electrons. The van der Waals surface area contributed by atoms with Gasteiger partial charge in [0.2, 0.25) is 11.8 Å². The number of likely N-dealkylation sites (tertiary alicyclic amines) is 1. The van der Waals surface area contributed by atoms with E-state index >= 15 is 0 Å². The van der Waals surface area contributed by atoms with Crippen LogP contribution in [0, 0.1) is 23.7 Å². The molecule has 1 aromatic rings. The van der Waals surface area contributed by atoms with E-state index in [2.05, 4.69) is 42.7 Å². The van der Waals surface area contributed by atoms with Crippen molar-refractivity contribution in [2.75, 3.05) is 6.61 Å². The molecular formula is C21H21Br2N3O6. The Morgan fingerprint density at radius 3 is 2.16 bits per heavy atom. The van der Waals surface area contributed by atoms with Gasteiger partial charge in [0.05, 0.1) is 11.8 Å². The highest BCUT2D eigenvalue weighted by Crippen LogP contribution is 2.60. The van der Waals surface area contributed by atoms with Gasteiger partial charge in [-0.1, -0.05) is 50.1 Å². The number of hydrazine groups is 1. The fourth-order valence-electron chi connectivity index (χ4n) is 4.94. The number of esters is 1. The first-order valence-corrected chi connectivity index (χ1v) is 12.0. The lowest BCUT2D eigenvalue weighted by Crippen LogP contribution is -2.47. The summed E-state index contributed by atoms with van der Waals surface area (Å²) in [6.45, 7) is 0.743. The van der Waals surface area contributed by atoms with Crippen LogP contribution in [-0.2, 0) is 23.9 Å². The number of carbonyl (C=O) groups excluding carboxylic acids is 5. The van der Waals surface area contributed by atoms with Crippen molar-refractivity contribution >= 4 is 61.5 Å². The molecule has 2 N–H and O–H groups in total. The summed E-state index contributed by atoms with van der Waals surface area (Å²) in [5.74, 6) is -3.66. The second-order valence-electron chi connectivity index (χ2n) is 8.20. The molecule has 1 heterocycles. The molecule has 7 atom stereocenters. The molecule has 11 heteroatoms. The SMILES string of the molecule is C[C@H](C(=O)OCC(=O)NNC(=O)c1ccccc1)N1C(=O)[C@@H]2[C@H]3C[C@@H]([C@H](Br)[C@@H]3Br)[C@@H]2C1=O. The minimum atomic E-state index is -1.14. The molecule has 3 fully saturated rings. The van der Waals surface area contributed by atoms with Crippen LogP contribution >= 0.6 is 31.9 Å². The molecule has 9 nitrogen and oxygen atoms in total. The minimum absolute atomic E-state index is 0.0399. The number of alkyl halides is 2. The first-order valence-electron chi connectivity index (χ1n) is 10.2. The monoisotopic (exact) mass is 569 g/mol. The molecule has 1 saturated heterocycles. The summed E-state index contributed by atoms with van der Waals surface area (Å²) in [4.78, 5) is 63.4. The van der Waals surface area contributed by atoms with Crippen molar-refractivity contribution in [2.45, 2.75) is 29.0 Å². The fourth-order valence-corrected chi connectivity index (χ4v) is 6.81. The predicted molar refractivity (Wildman–Crippen MR) is 118 cm³/mol. The number of halogens is 2. The van der Waals surface area contributed by atoms with E-state index in [0.717, 1.165) is 11.3 Å². The summed E-state index contributed by atoms with van der Waals surface area (Å²) in [5.41, 5.74) is 4.71. The van der Waals surface area contributed by atoms with E-state index in [0.29, 0.717) is 5.56 Å². The second kappa shape index (κ2) is 8.93. The van der Waals surface area contributed by atoms with E-state index in [1.165, 1.54) is 6.92 Å². The first-order chi connectivity index (χ1) is 15.2. The Balaban J connectivity index is 1.30. The molecule has 4 rings (SSSR count). The van der Waals surface area contributed by atoms with Gasteiger partial charge in [-0.25, -0.2) is 4.79 Å². The Bertz CT molecular complexity index is 942. The third kappa shape index (κ3) is 3.85. The van der Waals surface area contributed by atoms with Crippen molar-refractivity contribution < 1.29 is 28.7 Å². The third-order valence-electron chi connectivity index (χ3n) is 6.45. The molecule has 2 aliphatic carbocycles. The van der Waals surface area contributed by atoms with Gasteiger partial charge in [-0.05, 0) is 37.3 Å². The minimum Gasteiger partial charge on any atom is -0.454 e. The maximum Gasteiger partial charge on any atom is 0.329 e. The Kier molecular flexibility index (Phi) is 6.39. The van der Waals surface area contributed by atoms with Crippen LogP contribution in [0.3, 0.4) is 0 Å². The van der Waals surface area contributed by atoms with Gasteiger partial charge in [0.25, 0.3) is 11.8 Å². The van der Waals surface area contributed by atoms with E-state index in [1.807, 2.05) is 0 Å². The van der Waals surface area contributed by atoms with Crippen molar-refractivity contribution in [3.8, 4) is 0 Å². The number of ether oxygens (including phenoxy) is 1. The highest BCUT2D eigenvalue weighted by molar-refractivity contribution is 9.12. The van der Waals surface area contributed by atoms with Gasteiger partial charge >= 0.3 is 5.97 Å². The van der Waals surface area contributed by atoms with E-state index < -0.39 is 42.3 Å². The lowest BCUT2D eigenvalue weighted by Gasteiger charge is -2.28. The molecule has 0 unspecified atom stereocenters. The van der Waals surface area contributed by atoms with Gasteiger partial charge in [-0.3, -0.25) is 34.9 Å². The van der Waals surface area contributed by atoms with E-state index in [4.69, 9.17) is 4.74 Å². The standard InChI is InChI=1S/C21H21Br2N3O6/c1-9(21(31)32-8-13(27)24-25-18(28)10-5-3-2-4-6-10)26-19(29)14-11-7-12(15(14)20(26)30)17(23)16(11)22/h2-6,9,11-12,14-17H,7-8H2,1H3,(H,24,27)(H,25,28)/t9-,11-,12-,14-,15+,16-,17+/m1/s1. The highest BCUT2D eigenvalue weighted by Gasteiger charge is 2.67. The maximum atomic E-state index is 13.0. The molecule has 1 aromatic carbocycles. The number of carbonyl (C=O) groups is 5. The fraction of sp³-hybridized carbons (Fsp3) is 0.476. The maximum absolute atomic E-state index is 13.0. The van der Waals surface area contributed by atoms with E-state index in [1.54, 1.807) is 30.3 Å². The summed E-state index contributed by atoms with van der Waals surface area (Å²) in [6.07, 6.45) is 0.792. The molecule has 170 valence electrons. The van der Waals surface area contributed by atoms with Gasteiger partial charge in [-0.15, -0.1) is 0 Å². The number of imide groups is 1. The lowest BCUT2D eigenvalue weighted by molar-refractivity contribution is -0.160. The number of nitrogens with one attached hydrogen (secondary N) is 2. The van der Waals surface area contributed by atoms with E-state index in [9.17, 15) is 24.0 Å². The number of amides is 4. The number of rotatable bonds is 5. The summed E-state index contributed by atoms with van der Waals surface area (Å²) >= 11 is 7.23. The largest absolute Gasteiger partial charge is 0.454 e. The molecule has 2 bridgehead atoms. The molecule has 0 aromatic heterocycles. The number of hydrogen-bond acceptors (Lipinski definition) is 6. The van der Waals surface area contributed by atoms with Crippen LogP contribution in [0.5, 0.6) is 0 Å². The zero-order valence-corrected chi connectivity index (χ0v) is 20.2. The smallest absolute Gasteiger partial charge is 0.329 e. The van der Waals surface area contributed by atoms with Crippen molar-refractivity contribution in [3.63, 3.8) is 0 Å². The van der Waals surface area contributed by atoms with Crippen molar-refractivity contribution in [3.05, 3.63) is 35.9 Å². The Labute approximate surface area is 200 Å². The van der Waals surface area contributed by atoms with Crippen molar-refractivity contribution in [1.29, 1.82) is 0 Å². The zero-order chi connectivity index (χ0) is 23.2. The van der Waals surface area contributed by atoms with Crippen LogP contribution in [0.4, 0.5) is 0 Å². The van der Waals surface area contributed by atoms with Crippen molar-refractivity contribution in [1.82, 2.24) is 15.8 Å². The Morgan fingerprint density at radius 2 is 1.59 bits per heavy atom. The van der Waals surface area contributed by atoms with Crippen LogP contribution in [-0.4, -0.2) is 56.8 Å². The predicted octanol–water partition coefficient (Wildman–Crippen LogP) is 1.16. The van der Waals surface area contributed by atoms with E-state index in [-0.39, 0.29) is 33.3 Å². The number of benzene rings is 1. The van der Waals surface area contributed by atoms with Crippen molar-refractivity contribution in [2.24, 2.45) is 23.7 Å². The molecule has 1 aliphatic heterocycles. The zero-order valence-electron chi connectivity index (χ0n) is 17.0. The topological polar surface area (TPSA) is 122 Å². The summed E-state index contributed by atoms with van der Waals surface area (Å²) in [7, 11) is 0. The van der Waals surface area contributed by atoms with Crippen LogP contribution in [0.2, 0.25) is 0 Å². The van der Waals surface area contributed by atoms with Gasteiger partial charge in [0, 0.05) is 15.2 Å². The normalized spacial score (nSPS) is 31.3. The molecular weight excluding hydrogens is 550 g/mol. The Hall–Kier alpha value is -2.27. The number of nitrogens with zero attached hydrogens (tertiary/aromatic N) is 1. The van der Waals surface area contributed by atoms with Gasteiger partial charge in [-0.2, -0.15) is 0 Å². The molecule has 0 spiro atoms. The molecule has 4 amide bonds. The second-order valence-corrected chi connectivity index (χ2v) is 10.3. The van der Waals surface area contributed by atoms with Crippen LogP contribution in [0.1, 0.15) is 23.7 Å².